The van der Waals surface area contributed by atoms with Crippen molar-refractivity contribution in [2.24, 2.45) is 11.3 Å². The Bertz CT molecular complexity index is 600. The SMILES string of the molecule is CC(C)(C)C1CCC(Oc2ccc3c(c2)CCN3C(=O)CCl)CC1. The fourth-order valence-electron chi connectivity index (χ4n) is 4.02. The van der Waals surface area contributed by atoms with E-state index in [1.54, 1.807) is 4.90 Å². The molecule has 2 aliphatic rings. The molecule has 0 atom stereocenters. The molecule has 0 radical (unpaired) electrons. The van der Waals surface area contributed by atoms with E-state index in [2.05, 4.69) is 26.8 Å². The Balaban J connectivity index is 1.61. The molecule has 1 fully saturated rings. The first-order chi connectivity index (χ1) is 11.4. The molecular formula is C20H28ClNO2. The number of ether oxygens (including phenoxy) is 1. The Hall–Kier alpha value is -1.22. The van der Waals surface area contributed by atoms with Gasteiger partial charge in [-0.15, -0.1) is 11.6 Å². The van der Waals surface area contributed by atoms with Gasteiger partial charge < -0.3 is 9.64 Å². The minimum Gasteiger partial charge on any atom is -0.490 e. The molecule has 4 heteroatoms. The van der Waals surface area contributed by atoms with Crippen LogP contribution in [0.25, 0.3) is 0 Å². The third-order valence-corrected chi connectivity index (χ3v) is 5.79. The van der Waals surface area contributed by atoms with Crippen molar-refractivity contribution in [1.29, 1.82) is 0 Å². The molecule has 0 spiro atoms. The number of fused-ring (bicyclic) bond motifs is 1. The predicted octanol–water partition coefficient (Wildman–Crippen LogP) is 4.80. The van der Waals surface area contributed by atoms with Crippen LogP contribution in [0.3, 0.4) is 0 Å². The van der Waals surface area contributed by atoms with Crippen LogP contribution in [0.4, 0.5) is 5.69 Å². The van der Waals surface area contributed by atoms with E-state index in [-0.39, 0.29) is 11.8 Å². The van der Waals surface area contributed by atoms with E-state index < -0.39 is 0 Å². The van der Waals surface area contributed by atoms with Crippen molar-refractivity contribution in [2.45, 2.75) is 59.0 Å². The van der Waals surface area contributed by atoms with Crippen molar-refractivity contribution in [3.05, 3.63) is 23.8 Å². The van der Waals surface area contributed by atoms with Crippen molar-refractivity contribution >= 4 is 23.2 Å². The summed E-state index contributed by atoms with van der Waals surface area (Å²) in [5, 5.41) is 0. The third-order valence-electron chi connectivity index (χ3n) is 5.56. The second kappa shape index (κ2) is 6.95. The van der Waals surface area contributed by atoms with E-state index in [0.717, 1.165) is 43.2 Å². The van der Waals surface area contributed by atoms with Crippen LogP contribution >= 0.6 is 11.6 Å². The first kappa shape index (κ1) is 17.6. The molecule has 0 N–H and O–H groups in total. The Morgan fingerprint density at radius 1 is 1.25 bits per heavy atom. The Morgan fingerprint density at radius 3 is 2.58 bits per heavy atom. The molecule has 132 valence electrons. The lowest BCUT2D eigenvalue weighted by Crippen LogP contribution is -2.30. The molecule has 0 unspecified atom stereocenters. The van der Waals surface area contributed by atoms with Crippen molar-refractivity contribution in [3.63, 3.8) is 0 Å². The smallest absolute Gasteiger partial charge is 0.241 e. The average Bonchev–Trinajstić information content (AvgIpc) is 2.97. The van der Waals surface area contributed by atoms with E-state index in [0.29, 0.717) is 11.5 Å². The number of hydrogen-bond acceptors (Lipinski definition) is 2. The first-order valence-corrected chi connectivity index (χ1v) is 9.58. The number of alkyl halides is 1. The largest absolute Gasteiger partial charge is 0.490 e. The molecule has 0 bridgehead atoms. The predicted molar refractivity (Wildman–Crippen MR) is 99.0 cm³/mol. The van der Waals surface area contributed by atoms with E-state index in [1.807, 2.05) is 12.1 Å². The molecule has 1 heterocycles. The standard InChI is InChI=1S/C20H28ClNO2/c1-20(2,3)15-4-6-16(7-5-15)24-17-8-9-18-14(12-17)10-11-22(18)19(23)13-21/h8-9,12,15-16H,4-7,10-11,13H2,1-3H3. The van der Waals surface area contributed by atoms with Crippen molar-refractivity contribution in [3.8, 4) is 5.75 Å². The molecule has 3 nitrogen and oxygen atoms in total. The first-order valence-electron chi connectivity index (χ1n) is 9.04. The van der Waals surface area contributed by atoms with E-state index in [4.69, 9.17) is 16.3 Å². The minimum atomic E-state index is -0.0235. The van der Waals surface area contributed by atoms with Crippen LogP contribution in [-0.2, 0) is 11.2 Å². The maximum absolute atomic E-state index is 11.9. The molecule has 0 aromatic heterocycles. The molecular weight excluding hydrogens is 322 g/mol. The van der Waals surface area contributed by atoms with Gasteiger partial charge in [0.25, 0.3) is 0 Å². The highest BCUT2D eigenvalue weighted by Gasteiger charge is 2.31. The summed E-state index contributed by atoms with van der Waals surface area (Å²) in [6.45, 7) is 7.74. The monoisotopic (exact) mass is 349 g/mol. The number of nitrogens with zero attached hydrogens (tertiary/aromatic N) is 1. The van der Waals surface area contributed by atoms with Gasteiger partial charge in [-0.2, -0.15) is 0 Å². The van der Waals surface area contributed by atoms with Gasteiger partial charge in [0.2, 0.25) is 5.91 Å². The number of amides is 1. The summed E-state index contributed by atoms with van der Waals surface area (Å²) in [4.78, 5) is 13.6. The fourth-order valence-corrected chi connectivity index (χ4v) is 4.17. The van der Waals surface area contributed by atoms with Crippen LogP contribution in [0.2, 0.25) is 0 Å². The average molecular weight is 350 g/mol. The zero-order valence-corrected chi connectivity index (χ0v) is 15.7. The molecule has 1 aliphatic heterocycles. The summed E-state index contributed by atoms with van der Waals surface area (Å²) in [6, 6.07) is 6.10. The van der Waals surface area contributed by atoms with E-state index in [9.17, 15) is 4.79 Å². The molecule has 3 rings (SSSR count). The molecule has 0 saturated heterocycles. The zero-order valence-electron chi connectivity index (χ0n) is 15.0. The van der Waals surface area contributed by atoms with Crippen LogP contribution in [0.5, 0.6) is 5.75 Å². The van der Waals surface area contributed by atoms with Crippen molar-refractivity contribution < 1.29 is 9.53 Å². The summed E-state index contributed by atoms with van der Waals surface area (Å²) in [5.74, 6) is 1.75. The second-order valence-corrected chi connectivity index (χ2v) is 8.44. The highest BCUT2D eigenvalue weighted by molar-refractivity contribution is 6.29. The third kappa shape index (κ3) is 3.72. The Labute approximate surface area is 150 Å². The highest BCUT2D eigenvalue weighted by atomic mass is 35.5. The van der Waals surface area contributed by atoms with Crippen LogP contribution in [0.1, 0.15) is 52.0 Å². The van der Waals surface area contributed by atoms with Crippen LogP contribution in [0.15, 0.2) is 18.2 Å². The van der Waals surface area contributed by atoms with Crippen molar-refractivity contribution in [1.82, 2.24) is 0 Å². The summed E-state index contributed by atoms with van der Waals surface area (Å²) in [6.07, 6.45) is 5.97. The number of carbonyl (C=O) groups excluding carboxylic acids is 1. The lowest BCUT2D eigenvalue weighted by atomic mass is 9.72. The van der Waals surface area contributed by atoms with Gasteiger partial charge in [0.1, 0.15) is 11.6 Å². The van der Waals surface area contributed by atoms with Gasteiger partial charge in [0, 0.05) is 12.2 Å². The lowest BCUT2D eigenvalue weighted by molar-refractivity contribution is -0.116. The second-order valence-electron chi connectivity index (χ2n) is 8.18. The van der Waals surface area contributed by atoms with E-state index >= 15 is 0 Å². The Morgan fingerprint density at radius 2 is 1.96 bits per heavy atom. The topological polar surface area (TPSA) is 29.5 Å². The molecule has 1 aliphatic carbocycles. The Kier molecular flexibility index (Phi) is 5.10. The molecule has 1 aromatic rings. The molecule has 1 aromatic carbocycles. The van der Waals surface area contributed by atoms with Gasteiger partial charge in [-0.3, -0.25) is 4.79 Å². The van der Waals surface area contributed by atoms with Crippen LogP contribution in [0, 0.1) is 11.3 Å². The minimum absolute atomic E-state index is 0.0235. The summed E-state index contributed by atoms with van der Waals surface area (Å²) < 4.78 is 6.23. The normalized spacial score (nSPS) is 23.9. The van der Waals surface area contributed by atoms with Crippen LogP contribution < -0.4 is 9.64 Å². The van der Waals surface area contributed by atoms with Gasteiger partial charge >= 0.3 is 0 Å². The number of halogens is 1. The quantitative estimate of drug-likeness (QED) is 0.734. The lowest BCUT2D eigenvalue weighted by Gasteiger charge is -2.37. The molecule has 1 saturated carbocycles. The van der Waals surface area contributed by atoms with Gasteiger partial charge in [0.05, 0.1) is 6.10 Å². The molecule has 24 heavy (non-hydrogen) atoms. The number of carbonyl (C=O) groups is 1. The number of hydrogen-bond donors (Lipinski definition) is 0. The highest BCUT2D eigenvalue weighted by Crippen LogP contribution is 2.39. The van der Waals surface area contributed by atoms with Gasteiger partial charge in [-0.25, -0.2) is 0 Å². The number of anilines is 1. The number of benzene rings is 1. The summed E-state index contributed by atoms with van der Waals surface area (Å²) in [5.41, 5.74) is 2.58. The van der Waals surface area contributed by atoms with Gasteiger partial charge in [0.15, 0.2) is 0 Å². The van der Waals surface area contributed by atoms with Gasteiger partial charge in [-0.1, -0.05) is 20.8 Å². The van der Waals surface area contributed by atoms with Gasteiger partial charge in [-0.05, 0) is 67.2 Å². The van der Waals surface area contributed by atoms with Crippen LogP contribution in [-0.4, -0.2) is 24.4 Å². The zero-order chi connectivity index (χ0) is 17.3. The maximum Gasteiger partial charge on any atom is 0.241 e. The summed E-state index contributed by atoms with van der Waals surface area (Å²) in [7, 11) is 0. The molecule has 1 amide bonds. The number of rotatable bonds is 3. The summed E-state index contributed by atoms with van der Waals surface area (Å²) >= 11 is 5.69. The van der Waals surface area contributed by atoms with E-state index in [1.165, 1.54) is 18.4 Å². The fraction of sp³-hybridized carbons (Fsp3) is 0.650. The van der Waals surface area contributed by atoms with Crippen molar-refractivity contribution in [2.75, 3.05) is 17.3 Å². The maximum atomic E-state index is 11.9.